The number of fused-ring (bicyclic) bond motifs is 1. The number of sulfone groups is 1. The summed E-state index contributed by atoms with van der Waals surface area (Å²) in [6.07, 6.45) is -0.277. The number of carbonyl (C=O) groups excluding carboxylic acids is 1. The Hall–Kier alpha value is -1.85. The number of amidine groups is 1. The van der Waals surface area contributed by atoms with E-state index in [-0.39, 0.29) is 29.2 Å². The number of anilines is 1. The van der Waals surface area contributed by atoms with E-state index in [4.69, 9.17) is 5.26 Å². The van der Waals surface area contributed by atoms with Crippen molar-refractivity contribution in [2.24, 2.45) is 4.99 Å². The Balaban J connectivity index is 1.98. The van der Waals surface area contributed by atoms with Crippen LogP contribution in [0, 0.1) is 11.3 Å². The van der Waals surface area contributed by atoms with E-state index in [1.54, 1.807) is 6.07 Å². The van der Waals surface area contributed by atoms with Crippen molar-refractivity contribution in [3.05, 3.63) is 30.3 Å². The summed E-state index contributed by atoms with van der Waals surface area (Å²) in [5.41, 5.74) is 0.808. The van der Waals surface area contributed by atoms with Crippen LogP contribution in [0.3, 0.4) is 0 Å². The van der Waals surface area contributed by atoms with Gasteiger partial charge in [0, 0.05) is 10.9 Å². The Labute approximate surface area is 132 Å². The monoisotopic (exact) mass is 335 g/mol. The lowest BCUT2D eigenvalue weighted by Gasteiger charge is -2.24. The number of rotatable bonds is 2. The van der Waals surface area contributed by atoms with Gasteiger partial charge in [0.15, 0.2) is 15.0 Å². The van der Waals surface area contributed by atoms with E-state index < -0.39 is 15.7 Å². The third-order valence-corrected chi connectivity index (χ3v) is 6.76. The van der Waals surface area contributed by atoms with Crippen LogP contribution in [0.25, 0.3) is 0 Å². The molecule has 2 heterocycles. The lowest BCUT2D eigenvalue weighted by Crippen LogP contribution is -2.37. The van der Waals surface area contributed by atoms with Gasteiger partial charge >= 0.3 is 0 Å². The molecule has 2 atom stereocenters. The van der Waals surface area contributed by atoms with E-state index in [1.165, 1.54) is 11.8 Å². The van der Waals surface area contributed by atoms with Crippen molar-refractivity contribution in [2.45, 2.75) is 17.7 Å². The molecular weight excluding hydrogens is 322 g/mol. The highest BCUT2D eigenvalue weighted by molar-refractivity contribution is 8.16. The number of hydrogen-bond donors (Lipinski definition) is 0. The Bertz CT molecular complexity index is 768. The van der Waals surface area contributed by atoms with Crippen molar-refractivity contribution in [1.29, 1.82) is 5.26 Å². The maximum Gasteiger partial charge on any atom is 0.262 e. The predicted octanol–water partition coefficient (Wildman–Crippen LogP) is 1.20. The van der Waals surface area contributed by atoms with Crippen LogP contribution < -0.4 is 4.90 Å². The molecule has 1 aromatic carbocycles. The van der Waals surface area contributed by atoms with Crippen molar-refractivity contribution in [3.8, 4) is 6.07 Å². The Morgan fingerprint density at radius 3 is 2.77 bits per heavy atom. The third-order valence-electron chi connectivity index (χ3n) is 3.55. The maximum absolute atomic E-state index is 11.9. The van der Waals surface area contributed by atoms with Crippen LogP contribution >= 0.6 is 11.8 Å². The molecular formula is C14H13N3O3S2. The summed E-state index contributed by atoms with van der Waals surface area (Å²) in [5, 5.41) is 8.94. The topological polar surface area (TPSA) is 90.6 Å². The Morgan fingerprint density at radius 2 is 2.09 bits per heavy atom. The number of benzene rings is 1. The summed E-state index contributed by atoms with van der Waals surface area (Å²) < 4.78 is 23.7. The number of para-hydroxylation sites is 1. The van der Waals surface area contributed by atoms with Crippen molar-refractivity contribution >= 4 is 38.4 Å². The van der Waals surface area contributed by atoms with Crippen molar-refractivity contribution in [2.75, 3.05) is 16.4 Å². The number of aliphatic imine (C=N–C) groups is 1. The summed E-state index contributed by atoms with van der Waals surface area (Å²) in [4.78, 5) is 17.5. The van der Waals surface area contributed by atoms with Gasteiger partial charge in [-0.2, -0.15) is 10.3 Å². The molecule has 0 saturated carbocycles. The number of hydrogen-bond acceptors (Lipinski definition) is 5. The zero-order valence-electron chi connectivity index (χ0n) is 11.5. The van der Waals surface area contributed by atoms with E-state index in [2.05, 4.69) is 4.99 Å². The van der Waals surface area contributed by atoms with Crippen molar-refractivity contribution in [1.82, 2.24) is 0 Å². The first-order chi connectivity index (χ1) is 10.5. The highest BCUT2D eigenvalue weighted by atomic mass is 32.2. The van der Waals surface area contributed by atoms with Gasteiger partial charge < -0.3 is 4.90 Å². The molecule has 0 radical (unpaired) electrons. The minimum atomic E-state index is -3.06. The molecule has 8 heteroatoms. The molecule has 0 N–H and O–H groups in total. The first kappa shape index (κ1) is 15.1. The number of amides is 1. The van der Waals surface area contributed by atoms with Crippen LogP contribution in [-0.2, 0) is 14.6 Å². The average molecular weight is 335 g/mol. The molecule has 2 aliphatic heterocycles. The fourth-order valence-corrected chi connectivity index (χ4v) is 6.60. The predicted molar refractivity (Wildman–Crippen MR) is 85.4 cm³/mol. The van der Waals surface area contributed by atoms with E-state index >= 15 is 0 Å². The molecule has 22 heavy (non-hydrogen) atoms. The fourth-order valence-electron chi connectivity index (χ4n) is 2.67. The van der Waals surface area contributed by atoms with E-state index in [0.717, 1.165) is 5.69 Å². The summed E-state index contributed by atoms with van der Waals surface area (Å²) in [6, 6.07) is 10.9. The van der Waals surface area contributed by atoms with Crippen LogP contribution in [0.4, 0.5) is 5.69 Å². The first-order valence-electron chi connectivity index (χ1n) is 6.70. The number of carbonyl (C=O) groups is 1. The zero-order valence-corrected chi connectivity index (χ0v) is 13.2. The molecule has 0 bridgehead atoms. The lowest BCUT2D eigenvalue weighted by atomic mass is 10.2. The van der Waals surface area contributed by atoms with Crippen LogP contribution in [0.15, 0.2) is 35.3 Å². The van der Waals surface area contributed by atoms with Gasteiger partial charge in [-0.3, -0.25) is 4.79 Å². The van der Waals surface area contributed by atoms with Crippen molar-refractivity contribution in [3.63, 3.8) is 0 Å². The van der Waals surface area contributed by atoms with Gasteiger partial charge in [-0.05, 0) is 12.1 Å². The van der Waals surface area contributed by atoms with E-state index in [1.807, 2.05) is 35.2 Å². The highest BCUT2D eigenvalue weighted by Crippen LogP contribution is 2.40. The van der Waals surface area contributed by atoms with Gasteiger partial charge in [0.2, 0.25) is 0 Å². The largest absolute Gasteiger partial charge is 0.316 e. The molecule has 6 nitrogen and oxygen atoms in total. The second kappa shape index (κ2) is 5.74. The van der Waals surface area contributed by atoms with Crippen molar-refractivity contribution < 1.29 is 13.2 Å². The second-order valence-electron chi connectivity index (χ2n) is 5.13. The van der Waals surface area contributed by atoms with Gasteiger partial charge in [-0.15, -0.1) is 0 Å². The second-order valence-corrected chi connectivity index (χ2v) is 8.49. The van der Waals surface area contributed by atoms with Gasteiger partial charge in [0.25, 0.3) is 5.91 Å². The normalized spacial score (nSPS) is 27.6. The minimum absolute atomic E-state index is 0.0605. The SMILES string of the molecule is N#CCC(=O)N=C1S[C@@H]2CS(=O)(=O)C[C@H]2N1c1ccccc1. The highest BCUT2D eigenvalue weighted by Gasteiger charge is 2.49. The van der Waals surface area contributed by atoms with E-state index in [9.17, 15) is 13.2 Å². The summed E-state index contributed by atoms with van der Waals surface area (Å²) in [5.74, 6) is -0.351. The Kier molecular flexibility index (Phi) is 3.93. The number of nitriles is 1. The first-order valence-corrected chi connectivity index (χ1v) is 9.40. The van der Waals surface area contributed by atoms with Gasteiger partial charge in [0.05, 0.1) is 23.6 Å². The molecule has 2 saturated heterocycles. The molecule has 0 aliphatic carbocycles. The van der Waals surface area contributed by atoms with Crippen LogP contribution in [0.5, 0.6) is 0 Å². The molecule has 2 aliphatic rings. The third kappa shape index (κ3) is 2.87. The standard InChI is InChI=1S/C14H13N3O3S2/c15-7-6-13(18)16-14-17(10-4-2-1-3-5-10)11-8-22(19,20)9-12(11)21-14/h1-5,11-12H,6,8-9H2/t11-,12-/m1/s1. The van der Waals surface area contributed by atoms with Crippen LogP contribution in [0.2, 0.25) is 0 Å². The molecule has 114 valence electrons. The van der Waals surface area contributed by atoms with Crippen LogP contribution in [-0.4, -0.2) is 42.3 Å². The molecule has 0 unspecified atom stereocenters. The smallest absolute Gasteiger partial charge is 0.262 e. The number of thioether (sulfide) groups is 1. The molecule has 1 aromatic rings. The lowest BCUT2D eigenvalue weighted by molar-refractivity contribution is -0.116. The summed E-state index contributed by atoms with van der Waals surface area (Å²) in [6.45, 7) is 0. The van der Waals surface area contributed by atoms with Crippen LogP contribution in [0.1, 0.15) is 6.42 Å². The summed E-state index contributed by atoms with van der Waals surface area (Å²) >= 11 is 1.31. The average Bonchev–Trinajstić information content (AvgIpc) is 2.91. The minimum Gasteiger partial charge on any atom is -0.316 e. The maximum atomic E-state index is 11.9. The number of nitrogens with zero attached hydrogens (tertiary/aromatic N) is 3. The molecule has 3 rings (SSSR count). The molecule has 2 fully saturated rings. The summed E-state index contributed by atoms with van der Waals surface area (Å²) in [7, 11) is -3.06. The van der Waals surface area contributed by atoms with Gasteiger partial charge in [-0.1, -0.05) is 30.0 Å². The molecule has 0 aromatic heterocycles. The zero-order chi connectivity index (χ0) is 15.7. The molecule has 1 amide bonds. The molecule has 0 spiro atoms. The van der Waals surface area contributed by atoms with E-state index in [0.29, 0.717) is 5.17 Å². The van der Waals surface area contributed by atoms with Gasteiger partial charge in [0.1, 0.15) is 6.42 Å². The van der Waals surface area contributed by atoms with Gasteiger partial charge in [-0.25, -0.2) is 8.42 Å². The quantitative estimate of drug-likeness (QED) is 0.806. The fraction of sp³-hybridized carbons (Fsp3) is 0.357. The Morgan fingerprint density at radius 1 is 1.36 bits per heavy atom.